The van der Waals surface area contributed by atoms with Gasteiger partial charge in [0.1, 0.15) is 5.70 Å². The first kappa shape index (κ1) is 26.6. The van der Waals surface area contributed by atoms with Crippen LogP contribution in [0.4, 0.5) is 13.2 Å². The third-order valence-electron chi connectivity index (χ3n) is 6.32. The van der Waals surface area contributed by atoms with Crippen molar-refractivity contribution in [3.63, 3.8) is 0 Å². The second kappa shape index (κ2) is 10.9. The molecule has 1 saturated heterocycles. The SMILES string of the molecule is O=C(N/C(=C\c1ccccc1)C(=O)N1CCC(O)(c2ccc(Br)cc2)CC1)c1ccc(C(F)(F)F)cc1. The second-order valence-corrected chi connectivity index (χ2v) is 9.74. The van der Waals surface area contributed by atoms with Crippen LogP contribution in [0.1, 0.15) is 39.9 Å². The fourth-order valence-corrected chi connectivity index (χ4v) is 4.44. The van der Waals surface area contributed by atoms with Gasteiger partial charge in [0.2, 0.25) is 0 Å². The Morgan fingerprint density at radius 1 is 0.919 bits per heavy atom. The van der Waals surface area contributed by atoms with Crippen LogP contribution in [0.5, 0.6) is 0 Å². The minimum absolute atomic E-state index is 0.00909. The normalized spacial score (nSPS) is 15.8. The molecular weight excluding hydrogens is 549 g/mol. The van der Waals surface area contributed by atoms with Crippen molar-refractivity contribution in [3.05, 3.63) is 111 Å². The van der Waals surface area contributed by atoms with Gasteiger partial charge in [0.05, 0.1) is 11.2 Å². The number of carbonyl (C=O) groups is 2. The predicted molar refractivity (Wildman–Crippen MR) is 137 cm³/mol. The van der Waals surface area contributed by atoms with Gasteiger partial charge in [-0.3, -0.25) is 9.59 Å². The number of nitrogens with zero attached hydrogens (tertiary/aromatic N) is 1. The van der Waals surface area contributed by atoms with Crippen LogP contribution in [-0.4, -0.2) is 34.9 Å². The average Bonchev–Trinajstić information content (AvgIpc) is 2.89. The van der Waals surface area contributed by atoms with Crippen LogP contribution in [0.25, 0.3) is 6.08 Å². The minimum Gasteiger partial charge on any atom is -0.385 e. The molecule has 0 unspecified atom stereocenters. The number of halogens is 4. The molecule has 1 fully saturated rings. The average molecular weight is 573 g/mol. The quantitative estimate of drug-likeness (QED) is 0.382. The number of benzene rings is 3. The predicted octanol–water partition coefficient (Wildman–Crippen LogP) is 5.75. The molecule has 9 heteroatoms. The third-order valence-corrected chi connectivity index (χ3v) is 6.85. The summed E-state index contributed by atoms with van der Waals surface area (Å²) in [5, 5.41) is 13.7. The second-order valence-electron chi connectivity index (χ2n) is 8.83. The number of alkyl halides is 3. The molecule has 5 nitrogen and oxygen atoms in total. The molecule has 4 rings (SSSR count). The van der Waals surface area contributed by atoms with Crippen molar-refractivity contribution in [2.75, 3.05) is 13.1 Å². The first-order valence-corrected chi connectivity index (χ1v) is 12.4. The number of carbonyl (C=O) groups excluding carboxylic acids is 2. The molecule has 3 aromatic rings. The van der Waals surface area contributed by atoms with Gasteiger partial charge in [0.25, 0.3) is 11.8 Å². The molecule has 2 N–H and O–H groups in total. The summed E-state index contributed by atoms with van der Waals surface area (Å²) in [6, 6.07) is 20.1. The van der Waals surface area contributed by atoms with Crippen molar-refractivity contribution in [1.82, 2.24) is 10.2 Å². The zero-order chi connectivity index (χ0) is 26.6. The Kier molecular flexibility index (Phi) is 7.85. The molecule has 37 heavy (non-hydrogen) atoms. The Morgan fingerprint density at radius 2 is 1.51 bits per heavy atom. The molecule has 1 heterocycles. The highest BCUT2D eigenvalue weighted by atomic mass is 79.9. The fraction of sp³-hybridized carbons (Fsp3) is 0.214. The molecule has 0 saturated carbocycles. The van der Waals surface area contributed by atoms with Crippen molar-refractivity contribution in [2.24, 2.45) is 0 Å². The van der Waals surface area contributed by atoms with Gasteiger partial charge >= 0.3 is 6.18 Å². The van der Waals surface area contributed by atoms with Crippen LogP contribution < -0.4 is 5.32 Å². The summed E-state index contributed by atoms with van der Waals surface area (Å²) in [5.74, 6) is -1.14. The molecule has 0 aliphatic carbocycles. The smallest absolute Gasteiger partial charge is 0.385 e. The van der Waals surface area contributed by atoms with Crippen LogP contribution in [0.2, 0.25) is 0 Å². The van der Waals surface area contributed by atoms with Gasteiger partial charge in [0, 0.05) is 23.1 Å². The Balaban J connectivity index is 1.52. The maximum atomic E-state index is 13.5. The molecule has 192 valence electrons. The Hall–Kier alpha value is -3.43. The zero-order valence-electron chi connectivity index (χ0n) is 19.6. The number of nitrogens with one attached hydrogen (secondary N) is 1. The van der Waals surface area contributed by atoms with E-state index in [-0.39, 0.29) is 24.4 Å². The van der Waals surface area contributed by atoms with E-state index in [0.29, 0.717) is 18.4 Å². The monoisotopic (exact) mass is 572 g/mol. The van der Waals surface area contributed by atoms with Crippen LogP contribution in [0, 0.1) is 0 Å². The number of hydrogen-bond acceptors (Lipinski definition) is 3. The number of hydrogen-bond donors (Lipinski definition) is 2. The molecule has 1 aliphatic heterocycles. The number of aliphatic hydroxyl groups is 1. The van der Waals surface area contributed by atoms with Gasteiger partial charge in [-0.15, -0.1) is 0 Å². The summed E-state index contributed by atoms with van der Waals surface area (Å²) in [6.45, 7) is 0.515. The van der Waals surface area contributed by atoms with E-state index in [0.717, 1.165) is 34.3 Å². The lowest BCUT2D eigenvalue weighted by Gasteiger charge is -2.38. The molecule has 1 aliphatic rings. The van der Waals surface area contributed by atoms with E-state index in [1.54, 1.807) is 29.2 Å². The van der Waals surface area contributed by atoms with E-state index < -0.39 is 29.2 Å². The summed E-state index contributed by atoms with van der Waals surface area (Å²) in [6.07, 6.45) is -2.37. The largest absolute Gasteiger partial charge is 0.416 e. The number of amides is 2. The molecule has 3 aromatic carbocycles. The number of rotatable bonds is 5. The van der Waals surface area contributed by atoms with Gasteiger partial charge in [-0.1, -0.05) is 58.4 Å². The third kappa shape index (κ3) is 6.47. The van der Waals surface area contributed by atoms with E-state index >= 15 is 0 Å². The number of likely N-dealkylation sites (tertiary alicyclic amines) is 1. The molecule has 0 radical (unpaired) electrons. The molecule has 2 amide bonds. The van der Waals surface area contributed by atoms with Gasteiger partial charge in [-0.05, 0) is 66.4 Å². The summed E-state index contributed by atoms with van der Waals surface area (Å²) in [5.41, 5.74) is -0.537. The molecule has 0 aromatic heterocycles. The Bertz CT molecular complexity index is 1280. The van der Waals surface area contributed by atoms with Crippen molar-refractivity contribution >= 4 is 33.8 Å². The van der Waals surface area contributed by atoms with E-state index in [9.17, 15) is 27.9 Å². The fourth-order valence-electron chi connectivity index (χ4n) is 4.17. The molecule has 0 bridgehead atoms. The van der Waals surface area contributed by atoms with Crippen molar-refractivity contribution in [2.45, 2.75) is 24.6 Å². The van der Waals surface area contributed by atoms with E-state index in [4.69, 9.17) is 0 Å². The highest BCUT2D eigenvalue weighted by Crippen LogP contribution is 2.34. The van der Waals surface area contributed by atoms with Gasteiger partial charge in [0.15, 0.2) is 0 Å². The van der Waals surface area contributed by atoms with Crippen molar-refractivity contribution in [3.8, 4) is 0 Å². The lowest BCUT2D eigenvalue weighted by atomic mass is 9.84. The highest BCUT2D eigenvalue weighted by molar-refractivity contribution is 9.10. The van der Waals surface area contributed by atoms with E-state index in [1.807, 2.05) is 30.3 Å². The van der Waals surface area contributed by atoms with Crippen LogP contribution in [0.15, 0.2) is 89.0 Å². The van der Waals surface area contributed by atoms with Crippen LogP contribution in [-0.2, 0) is 16.6 Å². The Labute approximate surface area is 220 Å². The van der Waals surface area contributed by atoms with Crippen LogP contribution in [0.3, 0.4) is 0 Å². The molecular formula is C28H24BrF3N2O3. The number of piperidine rings is 1. The summed E-state index contributed by atoms with van der Waals surface area (Å²) >= 11 is 3.38. The highest BCUT2D eigenvalue weighted by Gasteiger charge is 2.36. The van der Waals surface area contributed by atoms with Crippen molar-refractivity contribution in [1.29, 1.82) is 0 Å². The Morgan fingerprint density at radius 3 is 2.08 bits per heavy atom. The zero-order valence-corrected chi connectivity index (χ0v) is 21.2. The van der Waals surface area contributed by atoms with Gasteiger partial charge < -0.3 is 15.3 Å². The van der Waals surface area contributed by atoms with Gasteiger partial charge in [-0.2, -0.15) is 13.2 Å². The molecule has 0 spiro atoms. The maximum Gasteiger partial charge on any atom is 0.416 e. The van der Waals surface area contributed by atoms with Crippen molar-refractivity contribution < 1.29 is 27.9 Å². The summed E-state index contributed by atoms with van der Waals surface area (Å²) in [4.78, 5) is 27.9. The topological polar surface area (TPSA) is 69.6 Å². The van der Waals surface area contributed by atoms with E-state index in [2.05, 4.69) is 21.2 Å². The van der Waals surface area contributed by atoms with E-state index in [1.165, 1.54) is 6.08 Å². The summed E-state index contributed by atoms with van der Waals surface area (Å²) in [7, 11) is 0. The maximum absolute atomic E-state index is 13.5. The first-order valence-electron chi connectivity index (χ1n) is 11.6. The summed E-state index contributed by atoms with van der Waals surface area (Å²) < 4.78 is 39.6. The molecule has 0 atom stereocenters. The van der Waals surface area contributed by atoms with Crippen LogP contribution >= 0.6 is 15.9 Å². The first-order chi connectivity index (χ1) is 17.5. The van der Waals surface area contributed by atoms with Gasteiger partial charge in [-0.25, -0.2) is 0 Å². The lowest BCUT2D eigenvalue weighted by molar-refractivity contribution is -0.137. The minimum atomic E-state index is -4.52. The standard InChI is InChI=1S/C28H24BrF3N2O3/c29-23-12-10-21(11-13-23)27(37)14-16-34(17-15-27)26(36)24(18-19-4-2-1-3-5-19)33-25(35)20-6-8-22(9-7-20)28(30,31)32/h1-13,18,37H,14-17H2,(H,33,35)/b24-18-. The lowest BCUT2D eigenvalue weighted by Crippen LogP contribution is -2.47.